The fourth-order valence-corrected chi connectivity index (χ4v) is 3.62. The SMILES string of the molecule is NCC1CCN(S(=O)CCc2ccc(F)cc2)CC1. The maximum absolute atomic E-state index is 12.8. The topological polar surface area (TPSA) is 46.3 Å². The number of nitrogens with two attached hydrogens (primary N) is 1. The molecule has 0 spiro atoms. The zero-order chi connectivity index (χ0) is 13.7. The van der Waals surface area contributed by atoms with Gasteiger partial charge in [-0.25, -0.2) is 12.9 Å². The van der Waals surface area contributed by atoms with Crippen molar-refractivity contribution in [3.63, 3.8) is 0 Å². The zero-order valence-corrected chi connectivity index (χ0v) is 11.9. The predicted octanol–water partition coefficient (Wildman–Crippen LogP) is 1.70. The van der Waals surface area contributed by atoms with Gasteiger partial charge in [0, 0.05) is 18.8 Å². The highest BCUT2D eigenvalue weighted by molar-refractivity contribution is 7.82. The van der Waals surface area contributed by atoms with Gasteiger partial charge in [-0.2, -0.15) is 0 Å². The molecule has 1 fully saturated rings. The molecule has 0 aliphatic carbocycles. The minimum absolute atomic E-state index is 0.228. The molecule has 1 unspecified atom stereocenters. The number of nitrogens with zero attached hydrogens (tertiary/aromatic N) is 1. The Kier molecular flexibility index (Phi) is 5.48. The summed E-state index contributed by atoms with van der Waals surface area (Å²) in [5, 5.41) is 0. The van der Waals surface area contributed by atoms with Gasteiger partial charge in [-0.1, -0.05) is 12.1 Å². The molecule has 19 heavy (non-hydrogen) atoms. The third kappa shape index (κ3) is 4.37. The van der Waals surface area contributed by atoms with E-state index in [0.29, 0.717) is 11.7 Å². The van der Waals surface area contributed by atoms with E-state index in [-0.39, 0.29) is 5.82 Å². The second-order valence-electron chi connectivity index (χ2n) is 5.01. The molecule has 1 atom stereocenters. The second-order valence-corrected chi connectivity index (χ2v) is 6.58. The predicted molar refractivity (Wildman–Crippen MR) is 76.5 cm³/mol. The summed E-state index contributed by atoms with van der Waals surface area (Å²) in [4.78, 5) is 0. The Morgan fingerprint density at radius 2 is 1.89 bits per heavy atom. The van der Waals surface area contributed by atoms with Gasteiger partial charge in [0.1, 0.15) is 5.82 Å². The Morgan fingerprint density at radius 3 is 2.47 bits per heavy atom. The average molecular weight is 284 g/mol. The molecule has 0 radical (unpaired) electrons. The molecule has 1 aliphatic rings. The van der Waals surface area contributed by atoms with Crippen LogP contribution >= 0.6 is 0 Å². The molecule has 0 saturated carbocycles. The van der Waals surface area contributed by atoms with Crippen molar-refractivity contribution in [2.75, 3.05) is 25.4 Å². The summed E-state index contributed by atoms with van der Waals surface area (Å²) in [7, 11) is -0.930. The molecule has 0 amide bonds. The van der Waals surface area contributed by atoms with Crippen LogP contribution in [-0.2, 0) is 17.4 Å². The molecule has 106 valence electrons. The van der Waals surface area contributed by atoms with Crippen LogP contribution < -0.4 is 5.73 Å². The van der Waals surface area contributed by atoms with Crippen molar-refractivity contribution < 1.29 is 8.60 Å². The summed E-state index contributed by atoms with van der Waals surface area (Å²) in [6.45, 7) is 2.48. The molecule has 1 saturated heterocycles. The smallest absolute Gasteiger partial charge is 0.123 e. The van der Waals surface area contributed by atoms with E-state index in [2.05, 4.69) is 0 Å². The highest BCUT2D eigenvalue weighted by atomic mass is 32.2. The van der Waals surface area contributed by atoms with Gasteiger partial charge < -0.3 is 5.73 Å². The Balaban J connectivity index is 1.77. The first kappa shape index (κ1) is 14.6. The van der Waals surface area contributed by atoms with Crippen LogP contribution in [0.1, 0.15) is 18.4 Å². The number of halogens is 1. The van der Waals surface area contributed by atoms with Crippen LogP contribution in [0.3, 0.4) is 0 Å². The van der Waals surface area contributed by atoms with Crippen molar-refractivity contribution in [3.05, 3.63) is 35.6 Å². The molecule has 2 N–H and O–H groups in total. The van der Waals surface area contributed by atoms with Crippen LogP contribution in [0, 0.1) is 11.7 Å². The Bertz CT molecular complexity index is 416. The van der Waals surface area contributed by atoms with E-state index in [1.54, 1.807) is 12.1 Å². The van der Waals surface area contributed by atoms with Gasteiger partial charge in [-0.05, 0) is 49.4 Å². The van der Waals surface area contributed by atoms with Crippen LogP contribution in [0.5, 0.6) is 0 Å². The highest BCUT2D eigenvalue weighted by Gasteiger charge is 2.21. The highest BCUT2D eigenvalue weighted by Crippen LogP contribution is 2.17. The van der Waals surface area contributed by atoms with Gasteiger partial charge in [-0.15, -0.1) is 0 Å². The lowest BCUT2D eigenvalue weighted by atomic mass is 9.99. The third-order valence-electron chi connectivity index (χ3n) is 3.67. The van der Waals surface area contributed by atoms with Crippen LogP contribution in [0.4, 0.5) is 4.39 Å². The molecule has 1 aliphatic heterocycles. The lowest BCUT2D eigenvalue weighted by Gasteiger charge is -2.30. The molecular weight excluding hydrogens is 263 g/mol. The maximum Gasteiger partial charge on any atom is 0.123 e. The van der Waals surface area contributed by atoms with Crippen molar-refractivity contribution in [2.24, 2.45) is 11.7 Å². The normalized spacial score (nSPS) is 19.5. The third-order valence-corrected chi connectivity index (χ3v) is 5.17. The Morgan fingerprint density at radius 1 is 1.26 bits per heavy atom. The van der Waals surface area contributed by atoms with Crippen LogP contribution in [0.15, 0.2) is 24.3 Å². The minimum Gasteiger partial charge on any atom is -0.330 e. The van der Waals surface area contributed by atoms with Gasteiger partial charge in [0.05, 0.1) is 11.0 Å². The van der Waals surface area contributed by atoms with Crippen LogP contribution in [-0.4, -0.2) is 33.9 Å². The van der Waals surface area contributed by atoms with E-state index in [1.807, 2.05) is 4.31 Å². The zero-order valence-electron chi connectivity index (χ0n) is 11.1. The van der Waals surface area contributed by atoms with Crippen molar-refractivity contribution in [3.8, 4) is 0 Å². The summed E-state index contributed by atoms with van der Waals surface area (Å²) in [5.74, 6) is 0.970. The number of hydrogen-bond donors (Lipinski definition) is 1. The number of piperidine rings is 1. The molecule has 1 aromatic rings. The summed E-state index contributed by atoms with van der Waals surface area (Å²) >= 11 is 0. The van der Waals surface area contributed by atoms with Crippen molar-refractivity contribution in [1.82, 2.24) is 4.31 Å². The fraction of sp³-hybridized carbons (Fsp3) is 0.571. The van der Waals surface area contributed by atoms with Gasteiger partial charge in [0.2, 0.25) is 0 Å². The largest absolute Gasteiger partial charge is 0.330 e. The van der Waals surface area contributed by atoms with Crippen molar-refractivity contribution in [1.29, 1.82) is 0 Å². The molecule has 5 heteroatoms. The van der Waals surface area contributed by atoms with E-state index in [0.717, 1.165) is 44.5 Å². The minimum atomic E-state index is -0.930. The molecular formula is C14H21FN2OS. The summed E-state index contributed by atoms with van der Waals surface area (Å²) in [6, 6.07) is 6.41. The lowest BCUT2D eigenvalue weighted by molar-refractivity contribution is 0.288. The van der Waals surface area contributed by atoms with Crippen molar-refractivity contribution in [2.45, 2.75) is 19.3 Å². The first-order valence-electron chi connectivity index (χ1n) is 6.77. The Labute approximate surface area is 116 Å². The molecule has 1 aromatic carbocycles. The lowest BCUT2D eigenvalue weighted by Crippen LogP contribution is -2.38. The number of benzene rings is 1. The van der Waals surface area contributed by atoms with Crippen molar-refractivity contribution >= 4 is 11.0 Å². The first-order chi connectivity index (χ1) is 9.19. The van der Waals surface area contributed by atoms with Gasteiger partial charge in [0.15, 0.2) is 0 Å². The molecule has 3 nitrogen and oxygen atoms in total. The summed E-state index contributed by atoms with van der Waals surface area (Å²) in [5.41, 5.74) is 6.68. The molecule has 2 rings (SSSR count). The number of rotatable bonds is 5. The maximum atomic E-state index is 12.8. The number of aryl methyl sites for hydroxylation is 1. The van der Waals surface area contributed by atoms with Gasteiger partial charge >= 0.3 is 0 Å². The quantitative estimate of drug-likeness (QED) is 0.894. The van der Waals surface area contributed by atoms with E-state index in [4.69, 9.17) is 5.73 Å². The summed E-state index contributed by atoms with van der Waals surface area (Å²) < 4.78 is 27.0. The van der Waals surface area contributed by atoms with Crippen LogP contribution in [0.2, 0.25) is 0 Å². The monoisotopic (exact) mass is 284 g/mol. The van der Waals surface area contributed by atoms with E-state index >= 15 is 0 Å². The van der Waals surface area contributed by atoms with E-state index < -0.39 is 11.0 Å². The van der Waals surface area contributed by atoms with E-state index in [9.17, 15) is 8.60 Å². The average Bonchev–Trinajstić information content (AvgIpc) is 2.46. The standard InChI is InChI=1S/C14H21FN2OS/c15-14-3-1-12(2-4-14)7-10-19(18)17-8-5-13(11-16)6-9-17/h1-4,13H,5-11,16H2. The molecule has 1 heterocycles. The summed E-state index contributed by atoms with van der Waals surface area (Å²) in [6.07, 6.45) is 2.81. The Hall–Kier alpha value is -0.780. The first-order valence-corrected chi connectivity index (χ1v) is 8.04. The van der Waals surface area contributed by atoms with Crippen LogP contribution in [0.25, 0.3) is 0 Å². The fourth-order valence-electron chi connectivity index (χ4n) is 2.33. The van der Waals surface area contributed by atoms with E-state index in [1.165, 1.54) is 12.1 Å². The molecule has 0 aromatic heterocycles. The molecule has 0 bridgehead atoms. The number of hydrogen-bond acceptors (Lipinski definition) is 2. The second kappa shape index (κ2) is 7.12. The van der Waals surface area contributed by atoms with Gasteiger partial charge in [-0.3, -0.25) is 0 Å². The van der Waals surface area contributed by atoms with Gasteiger partial charge in [0.25, 0.3) is 0 Å².